The molecule has 0 saturated carbocycles. The van der Waals surface area contributed by atoms with Crippen LogP contribution in [0.15, 0.2) is 46.9 Å². The van der Waals surface area contributed by atoms with Crippen molar-refractivity contribution in [2.75, 3.05) is 5.32 Å². The normalized spacial score (nSPS) is 10.3. The summed E-state index contributed by atoms with van der Waals surface area (Å²) in [4.78, 5) is 0. The highest BCUT2D eigenvalue weighted by molar-refractivity contribution is 9.10. The van der Waals surface area contributed by atoms with Crippen molar-refractivity contribution in [2.24, 2.45) is 0 Å². The molecule has 2 aromatic carbocycles. The van der Waals surface area contributed by atoms with Crippen molar-refractivity contribution in [3.8, 4) is 0 Å². The van der Waals surface area contributed by atoms with Crippen molar-refractivity contribution in [1.29, 1.82) is 0 Å². The third-order valence-corrected chi connectivity index (χ3v) is 3.21. The maximum Gasteiger partial charge on any atom is 0.123 e. The minimum Gasteiger partial charge on any atom is -0.380 e. The average Bonchev–Trinajstić information content (AvgIpc) is 2.32. The van der Waals surface area contributed by atoms with Crippen LogP contribution in [-0.2, 0) is 6.54 Å². The number of hydrogen-bond acceptors (Lipinski definition) is 1. The van der Waals surface area contributed by atoms with Crippen molar-refractivity contribution >= 4 is 21.6 Å². The van der Waals surface area contributed by atoms with E-state index in [4.69, 9.17) is 0 Å². The second-order valence-electron chi connectivity index (χ2n) is 3.96. The van der Waals surface area contributed by atoms with E-state index >= 15 is 0 Å². The smallest absolute Gasteiger partial charge is 0.123 e. The molecule has 3 heteroatoms. The van der Waals surface area contributed by atoms with Crippen LogP contribution in [0.2, 0.25) is 0 Å². The summed E-state index contributed by atoms with van der Waals surface area (Å²) in [5.41, 5.74) is 3.31. The van der Waals surface area contributed by atoms with Gasteiger partial charge in [0.1, 0.15) is 5.82 Å². The molecule has 2 aromatic rings. The van der Waals surface area contributed by atoms with Crippen LogP contribution in [-0.4, -0.2) is 0 Å². The van der Waals surface area contributed by atoms with E-state index in [1.807, 2.05) is 12.1 Å². The van der Waals surface area contributed by atoms with Gasteiger partial charge in [0.15, 0.2) is 0 Å². The largest absolute Gasteiger partial charge is 0.380 e. The lowest BCUT2D eigenvalue weighted by Crippen LogP contribution is -2.00. The molecule has 0 spiro atoms. The van der Waals surface area contributed by atoms with Gasteiger partial charge in [0, 0.05) is 16.7 Å². The highest BCUT2D eigenvalue weighted by Gasteiger charge is 2.00. The van der Waals surface area contributed by atoms with Gasteiger partial charge in [0.2, 0.25) is 0 Å². The Balaban J connectivity index is 2.07. The van der Waals surface area contributed by atoms with Crippen LogP contribution in [0.3, 0.4) is 0 Å². The molecule has 17 heavy (non-hydrogen) atoms. The van der Waals surface area contributed by atoms with Crippen LogP contribution in [0.5, 0.6) is 0 Å². The Morgan fingerprint density at radius 2 is 1.82 bits per heavy atom. The molecule has 1 N–H and O–H groups in total. The van der Waals surface area contributed by atoms with Crippen LogP contribution in [0.1, 0.15) is 11.1 Å². The van der Waals surface area contributed by atoms with E-state index in [1.165, 1.54) is 17.7 Å². The Bertz CT molecular complexity index is 508. The summed E-state index contributed by atoms with van der Waals surface area (Å²) in [6.45, 7) is 2.73. The van der Waals surface area contributed by atoms with Gasteiger partial charge in [-0.05, 0) is 58.2 Å². The SMILES string of the molecule is Cc1ccc(Br)c(NCc2ccc(F)cc2)c1. The average molecular weight is 294 g/mol. The second-order valence-corrected chi connectivity index (χ2v) is 4.82. The molecule has 1 nitrogen and oxygen atoms in total. The Kier molecular flexibility index (Phi) is 3.79. The molecule has 0 amide bonds. The van der Waals surface area contributed by atoms with Crippen LogP contribution >= 0.6 is 15.9 Å². The van der Waals surface area contributed by atoms with E-state index in [0.29, 0.717) is 6.54 Å². The topological polar surface area (TPSA) is 12.0 Å². The highest BCUT2D eigenvalue weighted by Crippen LogP contribution is 2.23. The fourth-order valence-corrected chi connectivity index (χ4v) is 1.96. The Labute approximate surface area is 109 Å². The number of halogens is 2. The van der Waals surface area contributed by atoms with Gasteiger partial charge in [0.05, 0.1) is 0 Å². The van der Waals surface area contributed by atoms with Crippen LogP contribution in [0, 0.1) is 12.7 Å². The van der Waals surface area contributed by atoms with Crippen molar-refractivity contribution in [2.45, 2.75) is 13.5 Å². The summed E-state index contributed by atoms with van der Waals surface area (Å²) in [6, 6.07) is 12.7. The number of anilines is 1. The Morgan fingerprint density at radius 3 is 2.53 bits per heavy atom. The van der Waals surface area contributed by atoms with Gasteiger partial charge in [-0.3, -0.25) is 0 Å². The predicted octanol–water partition coefficient (Wildman–Crippen LogP) is 4.51. The van der Waals surface area contributed by atoms with E-state index in [9.17, 15) is 4.39 Å². The predicted molar refractivity (Wildman–Crippen MR) is 72.6 cm³/mol. The van der Waals surface area contributed by atoms with E-state index in [-0.39, 0.29) is 5.82 Å². The molecule has 0 heterocycles. The minimum absolute atomic E-state index is 0.203. The molecule has 0 fully saturated rings. The Hall–Kier alpha value is -1.35. The molecule has 0 saturated heterocycles. The van der Waals surface area contributed by atoms with Crippen LogP contribution in [0.25, 0.3) is 0 Å². The van der Waals surface area contributed by atoms with E-state index in [0.717, 1.165) is 15.7 Å². The maximum absolute atomic E-state index is 12.7. The van der Waals surface area contributed by atoms with E-state index in [1.54, 1.807) is 12.1 Å². The van der Waals surface area contributed by atoms with Gasteiger partial charge in [-0.25, -0.2) is 4.39 Å². The van der Waals surface area contributed by atoms with Crippen molar-refractivity contribution in [3.63, 3.8) is 0 Å². The molecular weight excluding hydrogens is 281 g/mol. The number of hydrogen-bond donors (Lipinski definition) is 1. The quantitative estimate of drug-likeness (QED) is 0.878. The summed E-state index contributed by atoms with van der Waals surface area (Å²) in [6.07, 6.45) is 0. The molecule has 0 atom stereocenters. The van der Waals surface area contributed by atoms with Crippen LogP contribution in [0.4, 0.5) is 10.1 Å². The van der Waals surface area contributed by atoms with Gasteiger partial charge in [-0.15, -0.1) is 0 Å². The molecule has 88 valence electrons. The number of aryl methyl sites for hydroxylation is 1. The lowest BCUT2D eigenvalue weighted by Gasteiger charge is -2.09. The Morgan fingerprint density at radius 1 is 1.12 bits per heavy atom. The molecule has 2 rings (SSSR count). The third-order valence-electron chi connectivity index (χ3n) is 2.52. The van der Waals surface area contributed by atoms with Crippen molar-refractivity contribution in [3.05, 3.63) is 63.9 Å². The zero-order valence-electron chi connectivity index (χ0n) is 9.50. The summed E-state index contributed by atoms with van der Waals surface area (Å²) in [7, 11) is 0. The molecule has 0 aliphatic carbocycles. The number of nitrogens with one attached hydrogen (secondary N) is 1. The standard InChI is InChI=1S/C14H13BrFN/c1-10-2-7-13(15)14(8-10)17-9-11-3-5-12(16)6-4-11/h2-8,17H,9H2,1H3. The maximum atomic E-state index is 12.7. The second kappa shape index (κ2) is 5.32. The first-order chi connectivity index (χ1) is 8.15. The fourth-order valence-electron chi connectivity index (χ4n) is 1.57. The third kappa shape index (κ3) is 3.30. The minimum atomic E-state index is -0.203. The van der Waals surface area contributed by atoms with Gasteiger partial charge >= 0.3 is 0 Å². The monoisotopic (exact) mass is 293 g/mol. The lowest BCUT2D eigenvalue weighted by atomic mass is 10.2. The zero-order chi connectivity index (χ0) is 12.3. The van der Waals surface area contributed by atoms with Crippen molar-refractivity contribution < 1.29 is 4.39 Å². The van der Waals surface area contributed by atoms with E-state index in [2.05, 4.69) is 34.2 Å². The number of benzene rings is 2. The summed E-state index contributed by atoms with van der Waals surface area (Å²) in [5, 5.41) is 3.32. The first kappa shape index (κ1) is 12.1. The summed E-state index contributed by atoms with van der Waals surface area (Å²) < 4.78 is 13.8. The molecule has 0 aliphatic heterocycles. The van der Waals surface area contributed by atoms with Gasteiger partial charge in [0.25, 0.3) is 0 Å². The fraction of sp³-hybridized carbons (Fsp3) is 0.143. The highest BCUT2D eigenvalue weighted by atomic mass is 79.9. The lowest BCUT2D eigenvalue weighted by molar-refractivity contribution is 0.627. The first-order valence-corrected chi connectivity index (χ1v) is 6.19. The first-order valence-electron chi connectivity index (χ1n) is 5.39. The van der Waals surface area contributed by atoms with Crippen LogP contribution < -0.4 is 5.32 Å². The molecule has 0 aromatic heterocycles. The summed E-state index contributed by atoms with van der Waals surface area (Å²) >= 11 is 3.49. The molecular formula is C14H13BrFN. The molecule has 0 unspecified atom stereocenters. The van der Waals surface area contributed by atoms with Crippen molar-refractivity contribution in [1.82, 2.24) is 0 Å². The van der Waals surface area contributed by atoms with E-state index < -0.39 is 0 Å². The zero-order valence-corrected chi connectivity index (χ0v) is 11.1. The number of rotatable bonds is 3. The molecule has 0 aliphatic rings. The summed E-state index contributed by atoms with van der Waals surface area (Å²) in [5.74, 6) is -0.203. The van der Waals surface area contributed by atoms with Gasteiger partial charge < -0.3 is 5.32 Å². The van der Waals surface area contributed by atoms with Gasteiger partial charge in [-0.2, -0.15) is 0 Å². The molecule has 0 radical (unpaired) electrons. The molecule has 0 bridgehead atoms. The van der Waals surface area contributed by atoms with Gasteiger partial charge in [-0.1, -0.05) is 18.2 Å².